The number of morpholine rings is 1. The van der Waals surface area contributed by atoms with Gasteiger partial charge in [0.25, 0.3) is 0 Å². The van der Waals surface area contributed by atoms with E-state index in [2.05, 4.69) is 10.3 Å². The van der Waals surface area contributed by atoms with Crippen molar-refractivity contribution in [3.05, 3.63) is 24.0 Å². The fourth-order valence-electron chi connectivity index (χ4n) is 2.76. The maximum Gasteiger partial charge on any atom is 0.137 e. The Kier molecular flexibility index (Phi) is 3.20. The Labute approximate surface area is 106 Å². The average molecular weight is 250 g/mol. The van der Waals surface area contributed by atoms with Crippen LogP contribution in [0, 0.1) is 0 Å². The van der Waals surface area contributed by atoms with Crippen molar-refractivity contribution in [2.45, 2.75) is 18.1 Å². The summed E-state index contributed by atoms with van der Waals surface area (Å²) >= 11 is 0. The molecular formula is C13H18N2O3. The first-order valence-electron chi connectivity index (χ1n) is 6.28. The molecule has 0 amide bonds. The number of aromatic nitrogens is 1. The van der Waals surface area contributed by atoms with Crippen molar-refractivity contribution in [3.8, 4) is 5.75 Å². The summed E-state index contributed by atoms with van der Waals surface area (Å²) in [6.45, 7) is 2.98. The molecule has 2 fully saturated rings. The van der Waals surface area contributed by atoms with Gasteiger partial charge in [0.1, 0.15) is 11.4 Å². The fourth-order valence-corrected chi connectivity index (χ4v) is 2.76. The number of methoxy groups -OCH3 is 1. The van der Waals surface area contributed by atoms with Crippen LogP contribution < -0.4 is 10.1 Å². The minimum absolute atomic E-state index is 0.122. The zero-order valence-electron chi connectivity index (χ0n) is 10.5. The Morgan fingerprint density at radius 2 is 2.39 bits per heavy atom. The normalized spacial score (nSPS) is 31.7. The lowest BCUT2D eigenvalue weighted by molar-refractivity contribution is -0.0989. The third-order valence-corrected chi connectivity index (χ3v) is 3.69. The molecule has 2 atom stereocenters. The Morgan fingerprint density at radius 3 is 3.17 bits per heavy atom. The highest BCUT2D eigenvalue weighted by molar-refractivity contribution is 5.29. The van der Waals surface area contributed by atoms with Gasteiger partial charge in [-0.15, -0.1) is 0 Å². The van der Waals surface area contributed by atoms with Gasteiger partial charge in [-0.1, -0.05) is 0 Å². The summed E-state index contributed by atoms with van der Waals surface area (Å²) < 4.78 is 16.8. The van der Waals surface area contributed by atoms with E-state index >= 15 is 0 Å². The molecule has 1 aromatic heterocycles. The van der Waals surface area contributed by atoms with Gasteiger partial charge in [-0.3, -0.25) is 4.98 Å². The number of pyridine rings is 1. The summed E-state index contributed by atoms with van der Waals surface area (Å²) in [5.74, 6) is 0.772. The summed E-state index contributed by atoms with van der Waals surface area (Å²) in [4.78, 5) is 4.22. The van der Waals surface area contributed by atoms with Gasteiger partial charge in [-0.2, -0.15) is 0 Å². The van der Waals surface area contributed by atoms with E-state index in [1.165, 1.54) is 0 Å². The zero-order chi connectivity index (χ0) is 12.4. The third-order valence-electron chi connectivity index (χ3n) is 3.69. The van der Waals surface area contributed by atoms with Gasteiger partial charge in [-0.25, -0.2) is 0 Å². The number of rotatable bonds is 2. The van der Waals surface area contributed by atoms with E-state index in [0.717, 1.165) is 37.5 Å². The van der Waals surface area contributed by atoms with Gasteiger partial charge in [0, 0.05) is 25.8 Å². The highest BCUT2D eigenvalue weighted by Crippen LogP contribution is 2.38. The summed E-state index contributed by atoms with van der Waals surface area (Å²) in [7, 11) is 1.65. The average Bonchev–Trinajstić information content (AvgIpc) is 2.88. The summed E-state index contributed by atoms with van der Waals surface area (Å²) in [5.41, 5.74) is 0.853. The Morgan fingerprint density at radius 1 is 1.44 bits per heavy atom. The van der Waals surface area contributed by atoms with Crippen LogP contribution in [0.4, 0.5) is 0 Å². The van der Waals surface area contributed by atoms with E-state index in [1.54, 1.807) is 13.3 Å². The van der Waals surface area contributed by atoms with Gasteiger partial charge in [0.2, 0.25) is 0 Å². The molecule has 98 valence electrons. The number of ether oxygens (including phenoxy) is 3. The van der Waals surface area contributed by atoms with Gasteiger partial charge in [0.15, 0.2) is 0 Å². The molecule has 0 aromatic carbocycles. The minimum Gasteiger partial charge on any atom is -0.495 e. The summed E-state index contributed by atoms with van der Waals surface area (Å²) in [5, 5.41) is 3.52. The second kappa shape index (κ2) is 4.84. The minimum atomic E-state index is -0.244. The molecule has 0 bridgehead atoms. The molecule has 3 heterocycles. The molecule has 18 heavy (non-hydrogen) atoms. The van der Waals surface area contributed by atoms with Crippen molar-refractivity contribution in [1.82, 2.24) is 10.3 Å². The lowest BCUT2D eigenvalue weighted by Gasteiger charge is -2.41. The maximum absolute atomic E-state index is 6.01. The Bertz CT molecular complexity index is 418. The van der Waals surface area contributed by atoms with Crippen molar-refractivity contribution in [1.29, 1.82) is 0 Å². The van der Waals surface area contributed by atoms with Crippen LogP contribution in [0.25, 0.3) is 0 Å². The molecular weight excluding hydrogens is 232 g/mol. The van der Waals surface area contributed by atoms with E-state index in [0.29, 0.717) is 6.61 Å². The van der Waals surface area contributed by atoms with Gasteiger partial charge in [-0.05, 0) is 11.6 Å². The molecule has 2 aliphatic rings. The first-order chi connectivity index (χ1) is 8.84. The van der Waals surface area contributed by atoms with E-state index in [4.69, 9.17) is 14.2 Å². The molecule has 0 aliphatic carbocycles. The predicted octanol–water partition coefficient (Wildman–Crippen LogP) is 0.910. The Balaban J connectivity index is 1.92. The first kappa shape index (κ1) is 11.9. The number of nitrogens with one attached hydrogen (secondary N) is 1. The molecule has 5 nitrogen and oxygen atoms in total. The van der Waals surface area contributed by atoms with E-state index < -0.39 is 0 Å². The molecule has 0 radical (unpaired) electrons. The monoisotopic (exact) mass is 250 g/mol. The van der Waals surface area contributed by atoms with Gasteiger partial charge >= 0.3 is 0 Å². The van der Waals surface area contributed by atoms with E-state index in [1.807, 2.05) is 12.3 Å². The van der Waals surface area contributed by atoms with Crippen LogP contribution in [0.5, 0.6) is 5.75 Å². The first-order valence-corrected chi connectivity index (χ1v) is 6.28. The third kappa shape index (κ3) is 1.98. The van der Waals surface area contributed by atoms with Crippen LogP contribution in [-0.4, -0.2) is 44.1 Å². The molecule has 1 spiro atoms. The van der Waals surface area contributed by atoms with E-state index in [-0.39, 0.29) is 11.6 Å². The van der Waals surface area contributed by atoms with Crippen LogP contribution in [0.15, 0.2) is 18.5 Å². The highest BCUT2D eigenvalue weighted by atomic mass is 16.6. The van der Waals surface area contributed by atoms with Crippen LogP contribution >= 0.6 is 0 Å². The molecule has 2 saturated heterocycles. The fraction of sp³-hybridized carbons (Fsp3) is 0.615. The number of hydrogen-bond donors (Lipinski definition) is 1. The lowest BCUT2D eigenvalue weighted by Crippen LogP contribution is -2.52. The molecule has 5 heteroatoms. The lowest BCUT2D eigenvalue weighted by atomic mass is 9.87. The van der Waals surface area contributed by atoms with Crippen molar-refractivity contribution in [2.24, 2.45) is 0 Å². The summed E-state index contributed by atoms with van der Waals surface area (Å²) in [6, 6.07) is 2.13. The highest BCUT2D eigenvalue weighted by Gasteiger charge is 2.46. The van der Waals surface area contributed by atoms with Gasteiger partial charge in [0.05, 0.1) is 32.6 Å². The van der Waals surface area contributed by atoms with Gasteiger partial charge < -0.3 is 19.5 Å². The van der Waals surface area contributed by atoms with Crippen LogP contribution in [-0.2, 0) is 9.47 Å². The Hall–Kier alpha value is -1.17. The van der Waals surface area contributed by atoms with Crippen LogP contribution in [0.1, 0.15) is 18.0 Å². The molecule has 1 N–H and O–H groups in total. The molecule has 2 unspecified atom stereocenters. The summed E-state index contributed by atoms with van der Waals surface area (Å²) in [6.07, 6.45) is 4.50. The zero-order valence-corrected chi connectivity index (χ0v) is 10.5. The largest absolute Gasteiger partial charge is 0.495 e. The van der Waals surface area contributed by atoms with Crippen molar-refractivity contribution in [2.75, 3.05) is 33.5 Å². The van der Waals surface area contributed by atoms with E-state index in [9.17, 15) is 0 Å². The molecule has 3 rings (SSSR count). The van der Waals surface area contributed by atoms with Crippen molar-refractivity contribution >= 4 is 0 Å². The standard InChI is InChI=1S/C13H18N2O3/c1-16-11-6-10(7-14-8-11)12-13(2-4-17-9-13)18-5-3-15-12/h6-8,12,15H,2-5,9H2,1H3. The topological polar surface area (TPSA) is 52.6 Å². The molecule has 2 aliphatic heterocycles. The predicted molar refractivity (Wildman–Crippen MR) is 65.7 cm³/mol. The van der Waals surface area contributed by atoms with Crippen molar-refractivity contribution < 1.29 is 14.2 Å². The SMILES string of the molecule is COc1cncc(C2NCCOC23CCOC3)c1. The smallest absolute Gasteiger partial charge is 0.137 e. The van der Waals surface area contributed by atoms with Crippen LogP contribution in [0.3, 0.4) is 0 Å². The maximum atomic E-state index is 6.01. The van der Waals surface area contributed by atoms with Crippen molar-refractivity contribution in [3.63, 3.8) is 0 Å². The second-order valence-electron chi connectivity index (χ2n) is 4.76. The quantitative estimate of drug-likeness (QED) is 0.845. The van der Waals surface area contributed by atoms with Crippen LogP contribution in [0.2, 0.25) is 0 Å². The number of nitrogens with zero attached hydrogens (tertiary/aromatic N) is 1. The molecule has 0 saturated carbocycles. The number of hydrogen-bond acceptors (Lipinski definition) is 5. The molecule has 1 aromatic rings. The second-order valence-corrected chi connectivity index (χ2v) is 4.76.